The zero-order valence-electron chi connectivity index (χ0n) is 10.1. The van der Waals surface area contributed by atoms with Crippen molar-refractivity contribution in [2.45, 2.75) is 6.92 Å². The van der Waals surface area contributed by atoms with Crippen molar-refractivity contribution in [2.75, 3.05) is 20.2 Å². The highest BCUT2D eigenvalue weighted by Gasteiger charge is 2.12. The van der Waals surface area contributed by atoms with Gasteiger partial charge < -0.3 is 14.7 Å². The number of likely N-dealkylation sites (N-methyl/N-ethyl adjacent to an activating group) is 1. The second-order valence-corrected chi connectivity index (χ2v) is 4.25. The molecule has 0 fully saturated rings. The summed E-state index contributed by atoms with van der Waals surface area (Å²) in [5.41, 5.74) is 0.848. The molecule has 5 nitrogen and oxygen atoms in total. The van der Waals surface area contributed by atoms with Gasteiger partial charge in [-0.15, -0.1) is 0 Å². The van der Waals surface area contributed by atoms with Crippen LogP contribution in [0.4, 0.5) is 0 Å². The first-order valence-electron chi connectivity index (χ1n) is 5.25. The molecule has 0 heterocycles. The first-order chi connectivity index (χ1) is 8.40. The predicted octanol–water partition coefficient (Wildman–Crippen LogP) is 1.57. The fourth-order valence-electron chi connectivity index (χ4n) is 1.25. The van der Waals surface area contributed by atoms with Gasteiger partial charge in [-0.2, -0.15) is 0 Å². The molecule has 0 aliphatic carbocycles. The summed E-state index contributed by atoms with van der Waals surface area (Å²) in [6.45, 7) is 1.28. The lowest BCUT2D eigenvalue weighted by molar-refractivity contribution is -0.144. The van der Waals surface area contributed by atoms with Gasteiger partial charge in [0.25, 0.3) is 5.91 Å². The van der Waals surface area contributed by atoms with Crippen LogP contribution < -0.4 is 4.74 Å². The van der Waals surface area contributed by atoms with E-state index in [0.29, 0.717) is 10.8 Å². The van der Waals surface area contributed by atoms with Gasteiger partial charge in [-0.05, 0) is 30.7 Å². The lowest BCUT2D eigenvalue weighted by Crippen LogP contribution is -2.35. The van der Waals surface area contributed by atoms with Gasteiger partial charge in [-0.1, -0.05) is 11.6 Å². The van der Waals surface area contributed by atoms with Gasteiger partial charge in [0.2, 0.25) is 0 Å². The Bertz CT molecular complexity index is 461. The minimum Gasteiger partial charge on any atom is -0.484 e. The number of nitrogens with zero attached hydrogens (tertiary/aromatic N) is 1. The minimum atomic E-state index is -1.06. The van der Waals surface area contributed by atoms with Crippen LogP contribution in [0, 0.1) is 6.92 Å². The van der Waals surface area contributed by atoms with Crippen molar-refractivity contribution in [3.05, 3.63) is 28.8 Å². The molecule has 0 atom stereocenters. The Morgan fingerprint density at radius 3 is 2.67 bits per heavy atom. The van der Waals surface area contributed by atoms with E-state index < -0.39 is 11.9 Å². The summed E-state index contributed by atoms with van der Waals surface area (Å²) in [4.78, 5) is 23.0. The highest BCUT2D eigenvalue weighted by Crippen LogP contribution is 2.20. The summed E-state index contributed by atoms with van der Waals surface area (Å²) in [5, 5.41) is 9.16. The van der Waals surface area contributed by atoms with Crippen molar-refractivity contribution in [1.82, 2.24) is 4.90 Å². The topological polar surface area (TPSA) is 66.8 Å². The lowest BCUT2D eigenvalue weighted by Gasteiger charge is -2.15. The molecule has 1 rings (SSSR count). The molecule has 0 radical (unpaired) electrons. The van der Waals surface area contributed by atoms with Crippen molar-refractivity contribution in [2.24, 2.45) is 0 Å². The number of hydrogen-bond acceptors (Lipinski definition) is 3. The molecule has 0 unspecified atom stereocenters. The number of halogens is 1. The van der Waals surface area contributed by atoms with Crippen LogP contribution in [-0.2, 0) is 9.59 Å². The maximum absolute atomic E-state index is 11.5. The van der Waals surface area contributed by atoms with Gasteiger partial charge in [-0.25, -0.2) is 0 Å². The number of carbonyl (C=O) groups is 2. The molecular weight excluding hydrogens is 258 g/mol. The van der Waals surface area contributed by atoms with Crippen molar-refractivity contribution in [3.63, 3.8) is 0 Å². The standard InChI is InChI=1S/C12H14ClNO4/c1-8-5-9(3-4-10(8)13)18-7-11(15)14(2)6-12(16)17/h3-5H,6-7H2,1-2H3,(H,16,17). The molecule has 0 saturated carbocycles. The minimum absolute atomic E-state index is 0.204. The van der Waals surface area contributed by atoms with E-state index in [1.54, 1.807) is 18.2 Å². The fourth-order valence-corrected chi connectivity index (χ4v) is 1.37. The normalized spacial score (nSPS) is 9.94. The average molecular weight is 272 g/mol. The number of carboxylic acid groups (broad SMARTS) is 1. The van der Waals surface area contributed by atoms with Crippen LogP contribution in [0.5, 0.6) is 5.75 Å². The molecule has 1 aromatic rings. The zero-order valence-corrected chi connectivity index (χ0v) is 10.9. The van der Waals surface area contributed by atoms with E-state index in [4.69, 9.17) is 21.4 Å². The van der Waals surface area contributed by atoms with Crippen molar-refractivity contribution in [3.8, 4) is 5.75 Å². The number of carboxylic acids is 1. The lowest BCUT2D eigenvalue weighted by atomic mass is 10.2. The van der Waals surface area contributed by atoms with Gasteiger partial charge in [0.05, 0.1) is 0 Å². The second kappa shape index (κ2) is 6.26. The monoisotopic (exact) mass is 271 g/mol. The van der Waals surface area contributed by atoms with Crippen LogP contribution in [0.15, 0.2) is 18.2 Å². The van der Waals surface area contributed by atoms with E-state index >= 15 is 0 Å². The number of aryl methyl sites for hydroxylation is 1. The molecule has 98 valence electrons. The summed E-state index contributed by atoms with van der Waals surface area (Å²) in [5.74, 6) is -0.938. The number of benzene rings is 1. The molecule has 18 heavy (non-hydrogen) atoms. The third kappa shape index (κ3) is 4.25. The van der Waals surface area contributed by atoms with Gasteiger partial charge in [-0.3, -0.25) is 9.59 Å². The molecule has 0 saturated heterocycles. The summed E-state index contributed by atoms with van der Waals surface area (Å²) < 4.78 is 5.26. The third-order valence-corrected chi connectivity index (χ3v) is 2.71. The molecule has 0 aliphatic rings. The molecule has 0 bridgehead atoms. The van der Waals surface area contributed by atoms with Crippen molar-refractivity contribution >= 4 is 23.5 Å². The van der Waals surface area contributed by atoms with E-state index in [1.807, 2.05) is 6.92 Å². The molecule has 1 amide bonds. The van der Waals surface area contributed by atoms with E-state index in [-0.39, 0.29) is 13.2 Å². The van der Waals surface area contributed by atoms with Gasteiger partial charge >= 0.3 is 5.97 Å². The summed E-state index contributed by atoms with van der Waals surface area (Å²) in [7, 11) is 1.41. The Morgan fingerprint density at radius 2 is 2.11 bits per heavy atom. The van der Waals surface area contributed by atoms with Crippen LogP contribution in [0.25, 0.3) is 0 Å². The number of aliphatic carboxylic acids is 1. The van der Waals surface area contributed by atoms with Crippen LogP contribution in [0.1, 0.15) is 5.56 Å². The van der Waals surface area contributed by atoms with Gasteiger partial charge in [0, 0.05) is 12.1 Å². The van der Waals surface area contributed by atoms with Crippen LogP contribution in [-0.4, -0.2) is 42.1 Å². The Labute approximate surface area is 110 Å². The smallest absolute Gasteiger partial charge is 0.323 e. The highest BCUT2D eigenvalue weighted by atomic mass is 35.5. The molecule has 0 aromatic heterocycles. The summed E-state index contributed by atoms with van der Waals surface area (Å²) in [6, 6.07) is 5.05. The predicted molar refractivity (Wildman–Crippen MR) is 67.0 cm³/mol. The second-order valence-electron chi connectivity index (χ2n) is 3.84. The van der Waals surface area contributed by atoms with Crippen LogP contribution in [0.2, 0.25) is 5.02 Å². The third-order valence-electron chi connectivity index (χ3n) is 2.29. The maximum atomic E-state index is 11.5. The Kier molecular flexibility index (Phi) is 4.97. The van der Waals surface area contributed by atoms with E-state index in [0.717, 1.165) is 10.5 Å². The largest absolute Gasteiger partial charge is 0.484 e. The van der Waals surface area contributed by atoms with E-state index in [9.17, 15) is 9.59 Å². The molecule has 6 heteroatoms. The number of ether oxygens (including phenoxy) is 1. The Hall–Kier alpha value is -1.75. The fraction of sp³-hybridized carbons (Fsp3) is 0.333. The van der Waals surface area contributed by atoms with Crippen LogP contribution in [0.3, 0.4) is 0 Å². The zero-order chi connectivity index (χ0) is 13.7. The van der Waals surface area contributed by atoms with Crippen LogP contribution >= 0.6 is 11.6 Å². The quantitative estimate of drug-likeness (QED) is 0.883. The molecule has 0 spiro atoms. The van der Waals surface area contributed by atoms with E-state index in [2.05, 4.69) is 0 Å². The summed E-state index contributed by atoms with van der Waals surface area (Å²) in [6.07, 6.45) is 0. The Morgan fingerprint density at radius 1 is 1.44 bits per heavy atom. The van der Waals surface area contributed by atoms with Gasteiger partial charge in [0.1, 0.15) is 12.3 Å². The number of carbonyl (C=O) groups excluding carboxylic acids is 1. The highest BCUT2D eigenvalue weighted by molar-refractivity contribution is 6.31. The average Bonchev–Trinajstić information content (AvgIpc) is 2.29. The number of rotatable bonds is 5. The van der Waals surface area contributed by atoms with Gasteiger partial charge in [0.15, 0.2) is 6.61 Å². The molecule has 0 aliphatic heterocycles. The summed E-state index contributed by atoms with van der Waals surface area (Å²) >= 11 is 5.86. The molecule has 1 aromatic carbocycles. The first kappa shape index (κ1) is 14.3. The maximum Gasteiger partial charge on any atom is 0.323 e. The number of hydrogen-bond donors (Lipinski definition) is 1. The van der Waals surface area contributed by atoms with Crippen molar-refractivity contribution in [1.29, 1.82) is 0 Å². The van der Waals surface area contributed by atoms with E-state index in [1.165, 1.54) is 7.05 Å². The molecular formula is C12H14ClNO4. The number of amides is 1. The first-order valence-corrected chi connectivity index (χ1v) is 5.62. The Balaban J connectivity index is 2.52. The SMILES string of the molecule is Cc1cc(OCC(=O)N(C)CC(=O)O)ccc1Cl. The molecule has 1 N–H and O–H groups in total. The van der Waals surface area contributed by atoms with Crippen molar-refractivity contribution < 1.29 is 19.4 Å².